The average molecular weight is 189 g/mol. The van der Waals surface area contributed by atoms with Crippen molar-refractivity contribution >= 4 is 5.97 Å². The van der Waals surface area contributed by atoms with Gasteiger partial charge in [0.25, 0.3) is 12.0 Å². The van der Waals surface area contributed by atoms with Crippen LogP contribution in [0, 0.1) is 0 Å². The van der Waals surface area contributed by atoms with Crippen molar-refractivity contribution in [3.63, 3.8) is 0 Å². The molecule has 0 fully saturated rings. The van der Waals surface area contributed by atoms with E-state index in [0.717, 1.165) is 6.20 Å². The number of aromatic nitrogens is 1. The fraction of sp³-hybridized carbons (Fsp3) is 0.143. The molecule has 0 unspecified atom stereocenters. The van der Waals surface area contributed by atoms with Crippen molar-refractivity contribution in [2.45, 2.75) is 6.43 Å². The summed E-state index contributed by atoms with van der Waals surface area (Å²) in [5.74, 6) is -1.36. The number of nitrogens with one attached hydrogen (secondary N) is 1. The lowest BCUT2D eigenvalue weighted by Crippen LogP contribution is -2.14. The molecule has 0 saturated carbocycles. The van der Waals surface area contributed by atoms with Gasteiger partial charge in [-0.3, -0.25) is 4.79 Å². The summed E-state index contributed by atoms with van der Waals surface area (Å²) in [5, 5.41) is 8.41. The first kappa shape index (κ1) is 9.37. The molecule has 0 spiro atoms. The molecule has 1 heterocycles. The molecule has 0 aliphatic rings. The molecule has 1 aromatic heterocycles. The summed E-state index contributed by atoms with van der Waals surface area (Å²) in [5.41, 5.74) is -2.17. The molecule has 1 rings (SSSR count). The van der Waals surface area contributed by atoms with Gasteiger partial charge in [-0.2, -0.15) is 0 Å². The van der Waals surface area contributed by atoms with Gasteiger partial charge in [0.2, 0.25) is 0 Å². The first-order valence-corrected chi connectivity index (χ1v) is 3.26. The second-order valence-electron chi connectivity index (χ2n) is 2.28. The van der Waals surface area contributed by atoms with E-state index < -0.39 is 23.5 Å². The number of hydrogen-bond acceptors (Lipinski definition) is 2. The second-order valence-corrected chi connectivity index (χ2v) is 2.28. The predicted octanol–water partition coefficient (Wildman–Crippen LogP) is 1.01. The van der Waals surface area contributed by atoms with Crippen LogP contribution in [0.15, 0.2) is 17.1 Å². The minimum Gasteiger partial charge on any atom is -0.478 e. The third-order valence-electron chi connectivity index (χ3n) is 1.41. The van der Waals surface area contributed by atoms with E-state index in [9.17, 15) is 18.4 Å². The van der Waals surface area contributed by atoms with Crippen molar-refractivity contribution in [3.8, 4) is 0 Å². The van der Waals surface area contributed by atoms with Gasteiger partial charge in [0.15, 0.2) is 0 Å². The Kier molecular flexibility index (Phi) is 2.41. The molecule has 4 nitrogen and oxygen atoms in total. The summed E-state index contributed by atoms with van der Waals surface area (Å²) in [7, 11) is 0. The quantitative estimate of drug-likeness (QED) is 0.729. The van der Waals surface area contributed by atoms with Crippen molar-refractivity contribution in [2.24, 2.45) is 0 Å². The van der Waals surface area contributed by atoms with E-state index in [1.807, 2.05) is 4.98 Å². The van der Waals surface area contributed by atoms with Crippen LogP contribution in [0.1, 0.15) is 22.3 Å². The number of halogens is 2. The molecule has 2 N–H and O–H groups in total. The van der Waals surface area contributed by atoms with Crippen LogP contribution >= 0.6 is 0 Å². The number of aromatic carboxylic acids is 1. The van der Waals surface area contributed by atoms with E-state index in [0.29, 0.717) is 6.07 Å². The van der Waals surface area contributed by atoms with Crippen LogP contribution in [-0.4, -0.2) is 16.1 Å². The molecule has 0 bridgehead atoms. The SMILES string of the molecule is O=C(O)c1c[nH]c(=O)c(C(F)F)c1. The third kappa shape index (κ3) is 1.90. The van der Waals surface area contributed by atoms with Crippen LogP contribution in [0.5, 0.6) is 0 Å². The molecule has 0 saturated heterocycles. The standard InChI is InChI=1S/C7H5F2NO3/c8-5(9)4-1-3(7(12)13)2-10-6(4)11/h1-2,5H,(H,10,11)(H,12,13). The predicted molar refractivity (Wildman–Crippen MR) is 39.0 cm³/mol. The van der Waals surface area contributed by atoms with Crippen LogP contribution in [0.2, 0.25) is 0 Å². The van der Waals surface area contributed by atoms with Crippen LogP contribution in [0.3, 0.4) is 0 Å². The molecular weight excluding hydrogens is 184 g/mol. The number of hydrogen-bond donors (Lipinski definition) is 2. The van der Waals surface area contributed by atoms with Crippen LogP contribution < -0.4 is 5.56 Å². The zero-order chi connectivity index (χ0) is 10.0. The van der Waals surface area contributed by atoms with Gasteiger partial charge in [-0.15, -0.1) is 0 Å². The number of H-pyrrole nitrogens is 1. The number of carboxylic acids is 1. The van der Waals surface area contributed by atoms with E-state index in [2.05, 4.69) is 0 Å². The lowest BCUT2D eigenvalue weighted by Gasteiger charge is -1.98. The maximum atomic E-state index is 12.1. The summed E-state index contributed by atoms with van der Waals surface area (Å²) >= 11 is 0. The maximum absolute atomic E-state index is 12.1. The molecule has 13 heavy (non-hydrogen) atoms. The monoisotopic (exact) mass is 189 g/mol. The Morgan fingerprint density at radius 3 is 2.62 bits per heavy atom. The number of alkyl halides is 2. The molecule has 0 aliphatic carbocycles. The minimum atomic E-state index is -2.97. The molecule has 0 atom stereocenters. The van der Waals surface area contributed by atoms with Crippen LogP contribution in [0.25, 0.3) is 0 Å². The van der Waals surface area contributed by atoms with Crippen molar-refractivity contribution in [1.29, 1.82) is 0 Å². The highest BCUT2D eigenvalue weighted by Gasteiger charge is 2.14. The van der Waals surface area contributed by atoms with Gasteiger partial charge in [0.05, 0.1) is 11.1 Å². The van der Waals surface area contributed by atoms with Crippen molar-refractivity contribution in [2.75, 3.05) is 0 Å². The highest BCUT2D eigenvalue weighted by molar-refractivity contribution is 5.87. The molecule has 0 aromatic carbocycles. The van der Waals surface area contributed by atoms with Crippen LogP contribution in [-0.2, 0) is 0 Å². The molecule has 0 amide bonds. The van der Waals surface area contributed by atoms with E-state index >= 15 is 0 Å². The normalized spacial score (nSPS) is 10.4. The summed E-state index contributed by atoms with van der Waals surface area (Å²) < 4.78 is 24.1. The van der Waals surface area contributed by atoms with Gasteiger partial charge in [-0.05, 0) is 6.07 Å². The Balaban J connectivity index is 3.27. The van der Waals surface area contributed by atoms with Gasteiger partial charge in [0, 0.05) is 6.20 Å². The minimum absolute atomic E-state index is 0.366. The molecule has 0 aliphatic heterocycles. The number of pyridine rings is 1. The van der Waals surface area contributed by atoms with Gasteiger partial charge in [-0.25, -0.2) is 13.6 Å². The Labute approximate surface area is 70.8 Å². The smallest absolute Gasteiger partial charge is 0.337 e. The van der Waals surface area contributed by atoms with Gasteiger partial charge in [0.1, 0.15) is 0 Å². The summed E-state index contributed by atoms with van der Waals surface area (Å²) in [4.78, 5) is 22.9. The molecule has 70 valence electrons. The van der Waals surface area contributed by atoms with Gasteiger partial charge >= 0.3 is 5.97 Å². The number of carbonyl (C=O) groups is 1. The first-order chi connectivity index (χ1) is 6.02. The number of rotatable bonds is 2. The Hall–Kier alpha value is -1.72. The first-order valence-electron chi connectivity index (χ1n) is 3.26. The second kappa shape index (κ2) is 3.34. The fourth-order valence-corrected chi connectivity index (χ4v) is 0.787. The zero-order valence-corrected chi connectivity index (χ0v) is 6.25. The summed E-state index contributed by atoms with van der Waals surface area (Å²) in [6, 6.07) is 0.659. The van der Waals surface area contributed by atoms with Crippen molar-refractivity contribution in [1.82, 2.24) is 4.98 Å². The molecule has 6 heteroatoms. The maximum Gasteiger partial charge on any atom is 0.337 e. The number of carboxylic acid groups (broad SMARTS) is 1. The number of aromatic amines is 1. The Morgan fingerprint density at radius 1 is 1.54 bits per heavy atom. The van der Waals surface area contributed by atoms with E-state index in [1.54, 1.807) is 0 Å². The van der Waals surface area contributed by atoms with E-state index in [1.165, 1.54) is 0 Å². The van der Waals surface area contributed by atoms with Crippen molar-refractivity contribution in [3.05, 3.63) is 33.7 Å². The van der Waals surface area contributed by atoms with E-state index in [-0.39, 0.29) is 5.56 Å². The third-order valence-corrected chi connectivity index (χ3v) is 1.41. The molecule has 0 radical (unpaired) electrons. The highest BCUT2D eigenvalue weighted by Crippen LogP contribution is 2.14. The summed E-state index contributed by atoms with van der Waals surface area (Å²) in [6.45, 7) is 0. The summed E-state index contributed by atoms with van der Waals surface area (Å²) in [6.07, 6.45) is -2.10. The van der Waals surface area contributed by atoms with Gasteiger partial charge < -0.3 is 10.1 Å². The average Bonchev–Trinajstić information content (AvgIpc) is 2.04. The molecular formula is C7H5F2NO3. The highest BCUT2D eigenvalue weighted by atomic mass is 19.3. The Bertz CT molecular complexity index is 386. The molecule has 1 aromatic rings. The Morgan fingerprint density at radius 2 is 2.15 bits per heavy atom. The lowest BCUT2D eigenvalue weighted by molar-refractivity contribution is 0.0696. The largest absolute Gasteiger partial charge is 0.478 e. The van der Waals surface area contributed by atoms with E-state index in [4.69, 9.17) is 5.11 Å². The topological polar surface area (TPSA) is 70.2 Å². The zero-order valence-electron chi connectivity index (χ0n) is 6.25. The fourth-order valence-electron chi connectivity index (χ4n) is 0.787. The van der Waals surface area contributed by atoms with Gasteiger partial charge in [-0.1, -0.05) is 0 Å². The van der Waals surface area contributed by atoms with Crippen LogP contribution in [0.4, 0.5) is 8.78 Å². The lowest BCUT2D eigenvalue weighted by atomic mass is 10.2. The van der Waals surface area contributed by atoms with Crippen molar-refractivity contribution < 1.29 is 18.7 Å².